The van der Waals surface area contributed by atoms with Crippen LogP contribution in [-0.4, -0.2) is 20.9 Å². The molecule has 0 aromatic carbocycles. The lowest BCUT2D eigenvalue weighted by atomic mass is 9.89. The molecule has 0 fully saturated rings. The molecule has 0 radical (unpaired) electrons. The summed E-state index contributed by atoms with van der Waals surface area (Å²) in [6.07, 6.45) is 2.58. The van der Waals surface area contributed by atoms with Crippen molar-refractivity contribution in [3.05, 3.63) is 18.1 Å². The zero-order valence-corrected chi connectivity index (χ0v) is 12.8. The first-order chi connectivity index (χ1) is 7.79. The van der Waals surface area contributed by atoms with Crippen LogP contribution in [-0.2, 0) is 6.42 Å². The van der Waals surface area contributed by atoms with Gasteiger partial charge in [0.05, 0.1) is 6.10 Å². The van der Waals surface area contributed by atoms with Crippen molar-refractivity contribution in [1.29, 1.82) is 0 Å². The molecule has 1 heterocycles. The van der Waals surface area contributed by atoms with Crippen molar-refractivity contribution in [1.82, 2.24) is 9.97 Å². The molecule has 0 saturated carbocycles. The average molecular weight is 301 g/mol. The molecule has 17 heavy (non-hydrogen) atoms. The van der Waals surface area contributed by atoms with Crippen molar-refractivity contribution in [2.75, 3.05) is 0 Å². The molecule has 0 N–H and O–H groups in total. The molecular formula is C13H21BrN2O. The predicted molar refractivity (Wildman–Crippen MR) is 73.7 cm³/mol. The predicted octanol–water partition coefficient (Wildman–Crippen LogP) is 3.62. The Morgan fingerprint density at radius 2 is 1.94 bits per heavy atom. The third kappa shape index (κ3) is 5.02. The van der Waals surface area contributed by atoms with Crippen LogP contribution in [0.15, 0.2) is 12.4 Å². The molecule has 0 aliphatic heterocycles. The van der Waals surface area contributed by atoms with E-state index in [0.29, 0.717) is 10.7 Å². The minimum atomic E-state index is 0.139. The largest absolute Gasteiger partial charge is 0.475 e. The maximum Gasteiger partial charge on any atom is 0.216 e. The van der Waals surface area contributed by atoms with Gasteiger partial charge in [0.1, 0.15) is 6.33 Å². The Balaban J connectivity index is 2.72. The molecule has 0 bridgehead atoms. The molecule has 0 aliphatic carbocycles. The van der Waals surface area contributed by atoms with Crippen molar-refractivity contribution in [3.63, 3.8) is 0 Å². The maximum atomic E-state index is 5.56. The van der Waals surface area contributed by atoms with E-state index < -0.39 is 0 Å². The lowest BCUT2D eigenvalue weighted by Crippen LogP contribution is -2.23. The van der Waals surface area contributed by atoms with Gasteiger partial charge in [0.2, 0.25) is 5.88 Å². The Morgan fingerprint density at radius 1 is 1.29 bits per heavy atom. The first-order valence-corrected chi connectivity index (χ1v) is 6.82. The smallest absolute Gasteiger partial charge is 0.216 e. The SMILES string of the molecule is CC(C)Oc1cc(CC(Br)C(C)(C)C)ncn1. The summed E-state index contributed by atoms with van der Waals surface area (Å²) in [6, 6.07) is 1.92. The van der Waals surface area contributed by atoms with Gasteiger partial charge in [-0.3, -0.25) is 0 Å². The van der Waals surface area contributed by atoms with Crippen LogP contribution >= 0.6 is 15.9 Å². The van der Waals surface area contributed by atoms with Crippen LogP contribution in [0, 0.1) is 5.41 Å². The van der Waals surface area contributed by atoms with Crippen molar-refractivity contribution in [2.45, 2.75) is 52.0 Å². The van der Waals surface area contributed by atoms with E-state index in [-0.39, 0.29) is 11.5 Å². The summed E-state index contributed by atoms with van der Waals surface area (Å²) in [5.74, 6) is 0.651. The zero-order chi connectivity index (χ0) is 13.1. The van der Waals surface area contributed by atoms with E-state index in [2.05, 4.69) is 46.7 Å². The second-order valence-electron chi connectivity index (χ2n) is 5.55. The van der Waals surface area contributed by atoms with E-state index in [4.69, 9.17) is 4.74 Å². The lowest BCUT2D eigenvalue weighted by Gasteiger charge is -2.25. The number of hydrogen-bond donors (Lipinski definition) is 0. The number of ether oxygens (including phenoxy) is 1. The highest BCUT2D eigenvalue weighted by Crippen LogP contribution is 2.28. The number of alkyl halides is 1. The summed E-state index contributed by atoms with van der Waals surface area (Å²) >= 11 is 3.71. The molecule has 96 valence electrons. The Kier molecular flexibility index (Phi) is 4.92. The molecular weight excluding hydrogens is 280 g/mol. The minimum absolute atomic E-state index is 0.139. The normalized spacial score (nSPS) is 13.8. The van der Waals surface area contributed by atoms with Gasteiger partial charge in [0.15, 0.2) is 0 Å². The summed E-state index contributed by atoms with van der Waals surface area (Å²) in [5.41, 5.74) is 1.22. The topological polar surface area (TPSA) is 35.0 Å². The van der Waals surface area contributed by atoms with Gasteiger partial charge in [-0.15, -0.1) is 0 Å². The highest BCUT2D eigenvalue weighted by molar-refractivity contribution is 9.09. The molecule has 3 nitrogen and oxygen atoms in total. The molecule has 0 saturated heterocycles. The number of nitrogens with zero attached hydrogens (tertiary/aromatic N) is 2. The molecule has 0 spiro atoms. The van der Waals surface area contributed by atoms with E-state index in [9.17, 15) is 0 Å². The maximum absolute atomic E-state index is 5.56. The van der Waals surface area contributed by atoms with Gasteiger partial charge in [-0.25, -0.2) is 9.97 Å². The number of rotatable bonds is 4. The van der Waals surface area contributed by atoms with Gasteiger partial charge in [0, 0.05) is 23.0 Å². The van der Waals surface area contributed by atoms with Gasteiger partial charge in [0.25, 0.3) is 0 Å². The van der Waals surface area contributed by atoms with Gasteiger partial charge in [-0.05, 0) is 19.3 Å². The van der Waals surface area contributed by atoms with Crippen molar-refractivity contribution in [3.8, 4) is 5.88 Å². The van der Waals surface area contributed by atoms with E-state index in [0.717, 1.165) is 12.1 Å². The average Bonchev–Trinajstić information content (AvgIpc) is 2.15. The van der Waals surface area contributed by atoms with Gasteiger partial charge in [-0.2, -0.15) is 0 Å². The van der Waals surface area contributed by atoms with Crippen LogP contribution < -0.4 is 4.74 Å². The highest BCUT2D eigenvalue weighted by atomic mass is 79.9. The minimum Gasteiger partial charge on any atom is -0.475 e. The first kappa shape index (κ1) is 14.4. The van der Waals surface area contributed by atoms with Crippen LogP contribution in [0.2, 0.25) is 0 Å². The monoisotopic (exact) mass is 300 g/mol. The highest BCUT2D eigenvalue weighted by Gasteiger charge is 2.22. The fourth-order valence-electron chi connectivity index (χ4n) is 1.28. The van der Waals surface area contributed by atoms with Crippen LogP contribution in [0.4, 0.5) is 0 Å². The molecule has 4 heteroatoms. The van der Waals surface area contributed by atoms with Gasteiger partial charge >= 0.3 is 0 Å². The van der Waals surface area contributed by atoms with E-state index in [1.807, 2.05) is 19.9 Å². The number of halogens is 1. The molecule has 0 amide bonds. The second-order valence-corrected chi connectivity index (χ2v) is 6.66. The Hall–Kier alpha value is -0.640. The van der Waals surface area contributed by atoms with Crippen molar-refractivity contribution >= 4 is 15.9 Å². The Morgan fingerprint density at radius 3 is 2.47 bits per heavy atom. The number of hydrogen-bond acceptors (Lipinski definition) is 3. The van der Waals surface area contributed by atoms with Gasteiger partial charge in [-0.1, -0.05) is 36.7 Å². The fourth-order valence-corrected chi connectivity index (χ4v) is 1.62. The van der Waals surface area contributed by atoms with Crippen molar-refractivity contribution < 1.29 is 4.74 Å². The molecule has 1 aromatic heterocycles. The summed E-state index contributed by atoms with van der Waals surface area (Å²) in [4.78, 5) is 8.77. The van der Waals surface area contributed by atoms with Crippen molar-refractivity contribution in [2.24, 2.45) is 5.41 Å². The third-order valence-corrected chi connectivity index (χ3v) is 4.08. The van der Waals surface area contributed by atoms with E-state index in [1.165, 1.54) is 0 Å². The molecule has 1 unspecified atom stereocenters. The zero-order valence-electron chi connectivity index (χ0n) is 11.2. The molecule has 0 aliphatic rings. The standard InChI is InChI=1S/C13H21BrN2O/c1-9(2)17-12-7-10(15-8-16-12)6-11(14)13(3,4)5/h7-9,11H,6H2,1-5H3. The summed E-state index contributed by atoms with van der Waals surface area (Å²) in [5, 5.41) is 0. The third-order valence-electron chi connectivity index (χ3n) is 2.38. The molecule has 1 atom stereocenters. The first-order valence-electron chi connectivity index (χ1n) is 5.90. The summed E-state index contributed by atoms with van der Waals surface area (Å²) in [7, 11) is 0. The Labute approximate surface area is 112 Å². The molecule has 1 rings (SSSR count). The quantitative estimate of drug-likeness (QED) is 0.797. The van der Waals surface area contributed by atoms with E-state index >= 15 is 0 Å². The van der Waals surface area contributed by atoms with Crippen LogP contribution in [0.25, 0.3) is 0 Å². The summed E-state index contributed by atoms with van der Waals surface area (Å²) < 4.78 is 5.56. The summed E-state index contributed by atoms with van der Waals surface area (Å²) in [6.45, 7) is 10.6. The van der Waals surface area contributed by atoms with E-state index in [1.54, 1.807) is 6.33 Å². The van der Waals surface area contributed by atoms with Crippen LogP contribution in [0.3, 0.4) is 0 Å². The lowest BCUT2D eigenvalue weighted by molar-refractivity contribution is 0.231. The Bertz CT molecular complexity index is 361. The fraction of sp³-hybridized carbons (Fsp3) is 0.692. The second kappa shape index (κ2) is 5.80. The molecule has 1 aromatic rings. The van der Waals surface area contributed by atoms with Crippen LogP contribution in [0.1, 0.15) is 40.3 Å². The number of aromatic nitrogens is 2. The van der Waals surface area contributed by atoms with Gasteiger partial charge < -0.3 is 4.74 Å². The van der Waals surface area contributed by atoms with Crippen LogP contribution in [0.5, 0.6) is 5.88 Å².